The van der Waals surface area contributed by atoms with E-state index in [9.17, 15) is 0 Å². The van der Waals surface area contributed by atoms with E-state index in [-0.39, 0.29) is 5.41 Å². The zero-order chi connectivity index (χ0) is 28.0. The summed E-state index contributed by atoms with van der Waals surface area (Å²) in [5.74, 6) is 1.89. The van der Waals surface area contributed by atoms with Crippen LogP contribution in [0.2, 0.25) is 0 Å². The van der Waals surface area contributed by atoms with Gasteiger partial charge in [-0.1, -0.05) is 98.8 Å². The molecule has 0 radical (unpaired) electrons. The first kappa shape index (κ1) is 23.8. The molecule has 42 heavy (non-hydrogen) atoms. The predicted molar refractivity (Wildman–Crippen MR) is 176 cm³/mol. The van der Waals surface area contributed by atoms with Crippen LogP contribution in [0.25, 0.3) is 64.4 Å². The van der Waals surface area contributed by atoms with E-state index < -0.39 is 0 Å². The Hall–Kier alpha value is -4.86. The van der Waals surface area contributed by atoms with Crippen LogP contribution in [0.4, 0.5) is 0 Å². The maximum Gasteiger partial charge on any atom is 0.136 e. The molecule has 0 fully saturated rings. The fourth-order valence-electron chi connectivity index (χ4n) is 6.78. The minimum absolute atomic E-state index is 0.108. The third kappa shape index (κ3) is 3.38. The Kier molecular flexibility index (Phi) is 4.86. The molecule has 8 aromatic rings. The molecule has 0 bridgehead atoms. The summed E-state index contributed by atoms with van der Waals surface area (Å²) in [5.41, 5.74) is 8.98. The molecule has 0 atom stereocenters. The number of benzene rings is 6. The van der Waals surface area contributed by atoms with Gasteiger partial charge in [0.1, 0.15) is 22.7 Å². The van der Waals surface area contributed by atoms with E-state index in [1.165, 1.54) is 58.9 Å². The molecule has 9 rings (SSSR count). The van der Waals surface area contributed by atoms with Crippen molar-refractivity contribution in [2.45, 2.75) is 19.3 Å². The Morgan fingerprint density at radius 2 is 1.19 bits per heavy atom. The summed E-state index contributed by atoms with van der Waals surface area (Å²) in [7, 11) is 0. The molecule has 0 spiro atoms. The molecular weight excluding hydrogens is 532 g/mol. The van der Waals surface area contributed by atoms with Crippen LogP contribution < -0.4 is 4.74 Å². The van der Waals surface area contributed by atoms with Crippen molar-refractivity contribution in [1.29, 1.82) is 0 Å². The van der Waals surface area contributed by atoms with Crippen LogP contribution in [0.1, 0.15) is 25.0 Å². The van der Waals surface area contributed by atoms with E-state index >= 15 is 0 Å². The second-order valence-corrected chi connectivity index (χ2v) is 12.8. The molecular formula is C39H26O2S. The van der Waals surface area contributed by atoms with E-state index in [0.717, 1.165) is 28.1 Å². The number of furan rings is 1. The van der Waals surface area contributed by atoms with Gasteiger partial charge in [-0.3, -0.25) is 0 Å². The molecule has 3 heterocycles. The second-order valence-electron chi connectivity index (χ2n) is 11.7. The minimum atomic E-state index is -0.108. The molecule has 0 saturated heterocycles. The average Bonchev–Trinajstić information content (AvgIpc) is 3.58. The fourth-order valence-corrected chi connectivity index (χ4v) is 7.96. The predicted octanol–water partition coefficient (Wildman–Crippen LogP) is 11.7. The summed E-state index contributed by atoms with van der Waals surface area (Å²) in [5, 5.41) is 4.92. The highest BCUT2D eigenvalue weighted by atomic mass is 32.1. The summed E-state index contributed by atoms with van der Waals surface area (Å²) in [6, 6.07) is 43.4. The van der Waals surface area contributed by atoms with Gasteiger partial charge in [0, 0.05) is 47.5 Å². The van der Waals surface area contributed by atoms with Crippen LogP contribution in [0, 0.1) is 0 Å². The summed E-state index contributed by atoms with van der Waals surface area (Å²) < 4.78 is 15.2. The van der Waals surface area contributed by atoms with Crippen molar-refractivity contribution in [3.63, 3.8) is 0 Å². The van der Waals surface area contributed by atoms with E-state index in [1.54, 1.807) is 0 Å². The third-order valence-electron chi connectivity index (χ3n) is 8.96. The fraction of sp³-hybridized carbons (Fsp3) is 0.0769. The molecule has 3 heteroatoms. The molecule has 6 aromatic carbocycles. The lowest BCUT2D eigenvalue weighted by Crippen LogP contribution is -2.24. The third-order valence-corrected chi connectivity index (χ3v) is 10.1. The van der Waals surface area contributed by atoms with Crippen LogP contribution in [0.15, 0.2) is 126 Å². The van der Waals surface area contributed by atoms with Gasteiger partial charge in [-0.25, -0.2) is 0 Å². The van der Waals surface area contributed by atoms with Crippen LogP contribution in [0.3, 0.4) is 0 Å². The van der Waals surface area contributed by atoms with E-state index in [1.807, 2.05) is 29.5 Å². The number of ether oxygens (including phenoxy) is 1. The normalized spacial score (nSPS) is 13.9. The largest absolute Gasteiger partial charge is 0.457 e. The first-order valence-electron chi connectivity index (χ1n) is 14.3. The van der Waals surface area contributed by atoms with Gasteiger partial charge in [-0.05, 0) is 58.7 Å². The molecule has 1 aliphatic heterocycles. The Labute approximate surface area is 247 Å². The number of hydrogen-bond donors (Lipinski definition) is 0. The van der Waals surface area contributed by atoms with Crippen molar-refractivity contribution in [2.24, 2.45) is 0 Å². The molecule has 0 saturated carbocycles. The van der Waals surface area contributed by atoms with Gasteiger partial charge >= 0.3 is 0 Å². The molecule has 200 valence electrons. The minimum Gasteiger partial charge on any atom is -0.457 e. The Morgan fingerprint density at radius 1 is 0.524 bits per heavy atom. The maximum atomic E-state index is 6.41. The van der Waals surface area contributed by atoms with Gasteiger partial charge in [-0.2, -0.15) is 0 Å². The molecule has 0 amide bonds. The van der Waals surface area contributed by atoms with Crippen LogP contribution in [-0.2, 0) is 5.41 Å². The van der Waals surface area contributed by atoms with Crippen molar-refractivity contribution in [1.82, 2.24) is 0 Å². The number of fused-ring (bicyclic) bond motifs is 8. The van der Waals surface area contributed by atoms with E-state index in [0.29, 0.717) is 0 Å². The van der Waals surface area contributed by atoms with Gasteiger partial charge in [-0.15, -0.1) is 11.3 Å². The maximum absolute atomic E-state index is 6.41. The molecule has 0 N–H and O–H groups in total. The lowest BCUT2D eigenvalue weighted by molar-refractivity contribution is 0.418. The van der Waals surface area contributed by atoms with Gasteiger partial charge in [0.05, 0.1) is 0 Å². The number of hydrogen-bond acceptors (Lipinski definition) is 3. The molecule has 1 aliphatic rings. The second kappa shape index (κ2) is 8.58. The Bertz CT molecular complexity index is 2370. The highest BCUT2D eigenvalue weighted by Gasteiger charge is 2.34. The van der Waals surface area contributed by atoms with Crippen LogP contribution in [-0.4, -0.2) is 0 Å². The quantitative estimate of drug-likeness (QED) is 0.211. The molecule has 2 nitrogen and oxygen atoms in total. The van der Waals surface area contributed by atoms with Crippen molar-refractivity contribution >= 4 is 53.4 Å². The average molecular weight is 559 g/mol. The van der Waals surface area contributed by atoms with E-state index in [2.05, 4.69) is 117 Å². The Morgan fingerprint density at radius 3 is 2.07 bits per heavy atom. The highest BCUT2D eigenvalue weighted by molar-refractivity contribution is 7.25. The van der Waals surface area contributed by atoms with E-state index in [4.69, 9.17) is 9.15 Å². The van der Waals surface area contributed by atoms with Crippen LogP contribution >= 0.6 is 11.3 Å². The standard InChI is InChI=1S/C39H26O2S/c1-39(2)30-10-4-6-12-33(30)41-35-20-23(16-19-31(35)39)24-14-17-27-28-18-15-25(22-37(28)42-36(27)21-24)26-9-7-13-34-38(26)29-8-3-5-11-32(29)40-34/h3-22H,1-2H3. The molecule has 2 aromatic heterocycles. The summed E-state index contributed by atoms with van der Waals surface area (Å²) >= 11 is 1.85. The van der Waals surface area contributed by atoms with Gasteiger partial charge in [0.15, 0.2) is 0 Å². The monoisotopic (exact) mass is 558 g/mol. The smallest absolute Gasteiger partial charge is 0.136 e. The lowest BCUT2D eigenvalue weighted by atomic mass is 9.75. The number of rotatable bonds is 2. The van der Waals surface area contributed by atoms with Crippen molar-refractivity contribution < 1.29 is 9.15 Å². The van der Waals surface area contributed by atoms with Gasteiger partial charge < -0.3 is 9.15 Å². The molecule has 0 unspecified atom stereocenters. The Balaban J connectivity index is 1.14. The first-order valence-corrected chi connectivity index (χ1v) is 15.2. The summed E-state index contributed by atoms with van der Waals surface area (Å²) in [6.45, 7) is 4.56. The topological polar surface area (TPSA) is 22.4 Å². The van der Waals surface area contributed by atoms with Crippen LogP contribution in [0.5, 0.6) is 11.5 Å². The summed E-state index contributed by atoms with van der Waals surface area (Å²) in [6.07, 6.45) is 0. The van der Waals surface area contributed by atoms with Crippen molar-refractivity contribution in [3.8, 4) is 33.8 Å². The summed E-state index contributed by atoms with van der Waals surface area (Å²) in [4.78, 5) is 0. The zero-order valence-electron chi connectivity index (χ0n) is 23.3. The van der Waals surface area contributed by atoms with Gasteiger partial charge in [0.25, 0.3) is 0 Å². The SMILES string of the molecule is CC1(C)c2ccccc2Oc2cc(-c3ccc4c(c3)sc3cc(-c5cccc6oc7ccccc7c56)ccc34)ccc21. The lowest BCUT2D eigenvalue weighted by Gasteiger charge is -2.34. The number of thiophene rings is 1. The molecule has 0 aliphatic carbocycles. The van der Waals surface area contributed by atoms with Crippen molar-refractivity contribution in [3.05, 3.63) is 132 Å². The van der Waals surface area contributed by atoms with Gasteiger partial charge in [0.2, 0.25) is 0 Å². The zero-order valence-corrected chi connectivity index (χ0v) is 24.1. The highest BCUT2D eigenvalue weighted by Crippen LogP contribution is 2.49. The first-order chi connectivity index (χ1) is 20.5. The van der Waals surface area contributed by atoms with Crippen molar-refractivity contribution in [2.75, 3.05) is 0 Å². The number of para-hydroxylation sites is 2.